The van der Waals surface area contributed by atoms with Crippen LogP contribution in [0.1, 0.15) is 17.0 Å². The van der Waals surface area contributed by atoms with Crippen LogP contribution in [0.4, 0.5) is 5.69 Å². The Labute approximate surface area is 181 Å². The molecule has 4 rings (SSSR count). The molecule has 0 fully saturated rings. The third kappa shape index (κ3) is 3.79. The molecule has 0 amide bonds. The zero-order valence-electron chi connectivity index (χ0n) is 16.0. The molecule has 0 aliphatic heterocycles. The van der Waals surface area contributed by atoms with Crippen LogP contribution >= 0.6 is 23.2 Å². The summed E-state index contributed by atoms with van der Waals surface area (Å²) in [6, 6.07) is 12.5. The molecule has 2 aromatic carbocycles. The topological polar surface area (TPSA) is 99.9 Å². The number of nitrogens with zero attached hydrogens (tertiary/aromatic N) is 5. The van der Waals surface area contributed by atoms with Gasteiger partial charge < -0.3 is 4.52 Å². The molecular formula is C20H15Cl2N5O3. The average Bonchev–Trinajstić information content (AvgIpc) is 3.27. The lowest BCUT2D eigenvalue weighted by Crippen LogP contribution is -2.04. The molecule has 4 aromatic rings. The van der Waals surface area contributed by atoms with Crippen molar-refractivity contribution in [3.8, 4) is 22.8 Å². The Morgan fingerprint density at radius 2 is 1.97 bits per heavy atom. The van der Waals surface area contributed by atoms with Gasteiger partial charge in [-0.1, -0.05) is 40.5 Å². The second-order valence-electron chi connectivity index (χ2n) is 6.68. The molecule has 2 aromatic heterocycles. The van der Waals surface area contributed by atoms with E-state index >= 15 is 0 Å². The van der Waals surface area contributed by atoms with E-state index in [1.807, 2.05) is 24.3 Å². The van der Waals surface area contributed by atoms with Gasteiger partial charge in [0.25, 0.3) is 5.89 Å². The van der Waals surface area contributed by atoms with Crippen LogP contribution < -0.4 is 0 Å². The van der Waals surface area contributed by atoms with Crippen molar-refractivity contribution in [1.82, 2.24) is 19.9 Å². The zero-order valence-corrected chi connectivity index (χ0v) is 17.5. The molecule has 0 bridgehead atoms. The number of hydrogen-bond acceptors (Lipinski definition) is 6. The van der Waals surface area contributed by atoms with Crippen molar-refractivity contribution in [2.45, 2.75) is 20.4 Å². The molecule has 2 heterocycles. The molecule has 0 N–H and O–H groups in total. The SMILES string of the molecule is Cc1nn(Cc2cccc(-c3nc(-c4ccc(Cl)cc4Cl)no3)c2)c(C)c1[N+](=O)[O-]. The van der Waals surface area contributed by atoms with Gasteiger partial charge in [-0.15, -0.1) is 0 Å². The van der Waals surface area contributed by atoms with Crippen LogP contribution in [-0.2, 0) is 6.54 Å². The molecule has 0 atom stereocenters. The first-order valence-electron chi connectivity index (χ1n) is 8.90. The fourth-order valence-corrected chi connectivity index (χ4v) is 3.70. The van der Waals surface area contributed by atoms with E-state index in [0.29, 0.717) is 50.8 Å². The van der Waals surface area contributed by atoms with Gasteiger partial charge in [-0.3, -0.25) is 14.8 Å². The Kier molecular flexibility index (Phi) is 5.27. The van der Waals surface area contributed by atoms with Crippen molar-refractivity contribution in [2.24, 2.45) is 0 Å². The Hall–Kier alpha value is -3.23. The van der Waals surface area contributed by atoms with Crippen molar-refractivity contribution in [3.05, 3.63) is 79.6 Å². The molecule has 10 heteroatoms. The molecule has 30 heavy (non-hydrogen) atoms. The average molecular weight is 444 g/mol. The smallest absolute Gasteiger partial charge is 0.312 e. The van der Waals surface area contributed by atoms with Crippen LogP contribution in [0.25, 0.3) is 22.8 Å². The highest BCUT2D eigenvalue weighted by molar-refractivity contribution is 6.36. The van der Waals surface area contributed by atoms with Gasteiger partial charge in [-0.2, -0.15) is 10.1 Å². The first-order valence-corrected chi connectivity index (χ1v) is 9.66. The summed E-state index contributed by atoms with van der Waals surface area (Å²) < 4.78 is 7.02. The van der Waals surface area contributed by atoms with E-state index in [2.05, 4.69) is 15.2 Å². The van der Waals surface area contributed by atoms with Crippen LogP contribution in [0.5, 0.6) is 0 Å². The number of halogens is 2. The minimum Gasteiger partial charge on any atom is -0.334 e. The maximum atomic E-state index is 11.2. The number of hydrogen-bond donors (Lipinski definition) is 0. The Morgan fingerprint density at radius 1 is 1.17 bits per heavy atom. The standard InChI is InChI=1S/C20H15Cl2N5O3/c1-11-18(27(28)29)12(2)26(24-11)10-13-4-3-5-14(8-13)20-23-19(25-30-20)16-7-6-15(21)9-17(16)22/h3-9H,10H2,1-2H3. The molecule has 0 aliphatic rings. The predicted octanol–water partition coefficient (Wildman–Crippen LogP) is 5.48. The van der Waals surface area contributed by atoms with Gasteiger partial charge in [-0.25, -0.2) is 0 Å². The summed E-state index contributed by atoms with van der Waals surface area (Å²) in [5, 5.41) is 20.5. The van der Waals surface area contributed by atoms with Gasteiger partial charge in [0.2, 0.25) is 5.82 Å². The quantitative estimate of drug-likeness (QED) is 0.299. The molecule has 0 radical (unpaired) electrons. The Morgan fingerprint density at radius 3 is 2.67 bits per heavy atom. The van der Waals surface area contributed by atoms with Gasteiger partial charge in [0.15, 0.2) is 0 Å². The summed E-state index contributed by atoms with van der Waals surface area (Å²) in [6.45, 7) is 3.68. The van der Waals surface area contributed by atoms with Crippen LogP contribution in [-0.4, -0.2) is 24.8 Å². The minimum absolute atomic E-state index is 0.0348. The van der Waals surface area contributed by atoms with Gasteiger partial charge >= 0.3 is 5.69 Å². The van der Waals surface area contributed by atoms with Crippen molar-refractivity contribution >= 4 is 28.9 Å². The number of aromatic nitrogens is 4. The molecule has 8 nitrogen and oxygen atoms in total. The van der Waals surface area contributed by atoms with E-state index in [1.165, 1.54) is 0 Å². The van der Waals surface area contributed by atoms with Crippen molar-refractivity contribution < 1.29 is 9.45 Å². The second-order valence-corrected chi connectivity index (χ2v) is 7.53. The summed E-state index contributed by atoms with van der Waals surface area (Å²) >= 11 is 12.2. The van der Waals surface area contributed by atoms with Gasteiger partial charge in [0.1, 0.15) is 11.4 Å². The van der Waals surface area contributed by atoms with E-state index < -0.39 is 4.92 Å². The lowest BCUT2D eigenvalue weighted by Gasteiger charge is -2.05. The fourth-order valence-electron chi connectivity index (χ4n) is 3.20. The van der Waals surface area contributed by atoms with Crippen LogP contribution in [0.15, 0.2) is 47.0 Å². The van der Waals surface area contributed by atoms with Crippen molar-refractivity contribution in [3.63, 3.8) is 0 Å². The zero-order chi connectivity index (χ0) is 21.4. The van der Waals surface area contributed by atoms with Crippen LogP contribution in [0, 0.1) is 24.0 Å². The third-order valence-electron chi connectivity index (χ3n) is 4.63. The van der Waals surface area contributed by atoms with E-state index in [4.69, 9.17) is 27.7 Å². The highest BCUT2D eigenvalue weighted by atomic mass is 35.5. The lowest BCUT2D eigenvalue weighted by atomic mass is 10.1. The summed E-state index contributed by atoms with van der Waals surface area (Å²) in [4.78, 5) is 15.2. The molecule has 0 saturated carbocycles. The lowest BCUT2D eigenvalue weighted by molar-refractivity contribution is -0.386. The molecular weight excluding hydrogens is 429 g/mol. The maximum Gasteiger partial charge on any atom is 0.312 e. The predicted molar refractivity (Wildman–Crippen MR) is 113 cm³/mol. The highest BCUT2D eigenvalue weighted by Gasteiger charge is 2.22. The highest BCUT2D eigenvalue weighted by Crippen LogP contribution is 2.30. The Balaban J connectivity index is 1.63. The van der Waals surface area contributed by atoms with Crippen molar-refractivity contribution in [2.75, 3.05) is 0 Å². The summed E-state index contributed by atoms with van der Waals surface area (Å²) in [7, 11) is 0. The number of aryl methyl sites for hydroxylation is 1. The number of rotatable bonds is 5. The minimum atomic E-state index is -0.410. The first-order chi connectivity index (χ1) is 14.3. The van der Waals surface area contributed by atoms with Crippen LogP contribution in [0.3, 0.4) is 0 Å². The largest absolute Gasteiger partial charge is 0.334 e. The summed E-state index contributed by atoms with van der Waals surface area (Å²) in [6.07, 6.45) is 0. The molecule has 0 aliphatic carbocycles. The fraction of sp³-hybridized carbons (Fsp3) is 0.150. The number of nitro groups is 1. The van der Waals surface area contributed by atoms with Gasteiger partial charge in [0, 0.05) is 16.1 Å². The second kappa shape index (κ2) is 7.89. The first kappa shape index (κ1) is 20.1. The van der Waals surface area contributed by atoms with E-state index in [1.54, 1.807) is 36.7 Å². The normalized spacial score (nSPS) is 11.1. The van der Waals surface area contributed by atoms with Gasteiger partial charge in [-0.05, 0) is 49.7 Å². The Bertz CT molecular complexity index is 1270. The van der Waals surface area contributed by atoms with Crippen molar-refractivity contribution in [1.29, 1.82) is 0 Å². The van der Waals surface area contributed by atoms with E-state index in [-0.39, 0.29) is 5.69 Å². The summed E-state index contributed by atoms with van der Waals surface area (Å²) in [5.74, 6) is 0.684. The maximum absolute atomic E-state index is 11.2. The van der Waals surface area contributed by atoms with E-state index in [9.17, 15) is 10.1 Å². The molecule has 152 valence electrons. The van der Waals surface area contributed by atoms with Gasteiger partial charge in [0.05, 0.1) is 16.5 Å². The summed E-state index contributed by atoms with van der Waals surface area (Å²) in [5.41, 5.74) is 3.13. The molecule has 0 unspecified atom stereocenters. The third-order valence-corrected chi connectivity index (χ3v) is 5.18. The molecule has 0 spiro atoms. The van der Waals surface area contributed by atoms with E-state index in [0.717, 1.165) is 5.56 Å². The monoisotopic (exact) mass is 443 g/mol. The molecule has 0 saturated heterocycles. The van der Waals surface area contributed by atoms with Crippen LogP contribution in [0.2, 0.25) is 10.0 Å². The number of benzene rings is 2.